The van der Waals surface area contributed by atoms with Gasteiger partial charge in [0.2, 0.25) is 0 Å². The smallest absolute Gasteiger partial charge is 0.320 e. The monoisotopic (exact) mass is 350 g/mol. The van der Waals surface area contributed by atoms with Crippen LogP contribution in [0.2, 0.25) is 0 Å². The van der Waals surface area contributed by atoms with Crippen LogP contribution in [0, 0.1) is 13.8 Å². The van der Waals surface area contributed by atoms with Crippen LogP contribution in [0.1, 0.15) is 23.4 Å². The molecule has 136 valence electrons. The van der Waals surface area contributed by atoms with Crippen LogP contribution in [0.5, 0.6) is 0 Å². The number of aryl methyl sites for hydroxylation is 3. The summed E-state index contributed by atoms with van der Waals surface area (Å²) in [6.45, 7) is 5.00. The molecule has 0 unspecified atom stereocenters. The third-order valence-electron chi connectivity index (χ3n) is 4.47. The molecule has 0 bridgehead atoms. The van der Waals surface area contributed by atoms with Gasteiger partial charge in [0.25, 0.3) is 0 Å². The maximum Gasteiger partial charge on any atom is 0.320 e. The summed E-state index contributed by atoms with van der Waals surface area (Å²) < 4.78 is 20.7. The Labute approximate surface area is 145 Å². The Bertz CT molecular complexity index is 723. The van der Waals surface area contributed by atoms with Crippen LogP contribution in [0.4, 0.5) is 15.0 Å². The molecular weight excluding hydrogens is 327 g/mol. The van der Waals surface area contributed by atoms with Gasteiger partial charge in [0, 0.05) is 50.6 Å². The molecular formula is C16H23FN6O2. The summed E-state index contributed by atoms with van der Waals surface area (Å²) in [7, 11) is 1.77. The Balaban J connectivity index is 1.55. The van der Waals surface area contributed by atoms with Crippen LogP contribution >= 0.6 is 0 Å². The molecule has 1 fully saturated rings. The van der Waals surface area contributed by atoms with E-state index in [9.17, 15) is 9.18 Å². The van der Waals surface area contributed by atoms with Crippen molar-refractivity contribution in [2.75, 3.05) is 18.4 Å². The third kappa shape index (κ3) is 4.16. The number of halogens is 1. The maximum absolute atomic E-state index is 13.9. The molecule has 3 rings (SSSR count). The fraction of sp³-hybridized carbons (Fsp3) is 0.562. The van der Waals surface area contributed by atoms with E-state index in [4.69, 9.17) is 4.52 Å². The van der Waals surface area contributed by atoms with Crippen molar-refractivity contribution in [3.63, 3.8) is 0 Å². The SMILES string of the molecule is Cc1noc(C)c1CN1C[C@@H](F)C[C@H]1CNC(=O)Nc1ccn(C)n1. The van der Waals surface area contributed by atoms with Gasteiger partial charge in [-0.3, -0.25) is 14.9 Å². The lowest BCUT2D eigenvalue weighted by Gasteiger charge is -2.24. The number of alkyl halides is 1. The van der Waals surface area contributed by atoms with Gasteiger partial charge in [-0.05, 0) is 20.3 Å². The molecule has 2 N–H and O–H groups in total. The van der Waals surface area contributed by atoms with Crippen LogP contribution in [0.25, 0.3) is 0 Å². The van der Waals surface area contributed by atoms with E-state index in [0.29, 0.717) is 31.9 Å². The number of amides is 2. The van der Waals surface area contributed by atoms with Gasteiger partial charge in [-0.25, -0.2) is 9.18 Å². The van der Waals surface area contributed by atoms with Gasteiger partial charge in [-0.2, -0.15) is 5.10 Å². The van der Waals surface area contributed by atoms with E-state index in [2.05, 4.69) is 20.9 Å². The van der Waals surface area contributed by atoms with E-state index < -0.39 is 6.17 Å². The summed E-state index contributed by atoms with van der Waals surface area (Å²) in [5.41, 5.74) is 1.80. The Kier molecular flexibility index (Phi) is 5.03. The Morgan fingerprint density at radius 2 is 2.28 bits per heavy atom. The summed E-state index contributed by atoms with van der Waals surface area (Å²) in [4.78, 5) is 14.0. The van der Waals surface area contributed by atoms with Crippen molar-refractivity contribution >= 4 is 11.8 Å². The van der Waals surface area contributed by atoms with E-state index in [0.717, 1.165) is 17.0 Å². The average molecular weight is 350 g/mol. The Hall–Kier alpha value is -2.42. The summed E-state index contributed by atoms with van der Waals surface area (Å²) in [5, 5.41) is 13.5. The minimum absolute atomic E-state index is 0.0711. The van der Waals surface area contributed by atoms with Gasteiger partial charge >= 0.3 is 6.03 Å². The number of urea groups is 1. The molecule has 3 heterocycles. The fourth-order valence-electron chi connectivity index (χ4n) is 3.11. The minimum Gasteiger partial charge on any atom is -0.361 e. The van der Waals surface area contributed by atoms with Crippen LogP contribution < -0.4 is 10.6 Å². The van der Waals surface area contributed by atoms with Crippen molar-refractivity contribution in [3.05, 3.63) is 29.3 Å². The number of anilines is 1. The zero-order valence-electron chi connectivity index (χ0n) is 14.6. The zero-order chi connectivity index (χ0) is 18.0. The highest BCUT2D eigenvalue weighted by Crippen LogP contribution is 2.24. The number of hydrogen-bond donors (Lipinski definition) is 2. The first-order valence-electron chi connectivity index (χ1n) is 8.26. The third-order valence-corrected chi connectivity index (χ3v) is 4.47. The van der Waals surface area contributed by atoms with Gasteiger partial charge in [-0.15, -0.1) is 0 Å². The lowest BCUT2D eigenvalue weighted by atomic mass is 10.1. The van der Waals surface area contributed by atoms with Crippen LogP contribution in [0.15, 0.2) is 16.8 Å². The molecule has 0 aliphatic carbocycles. The number of nitrogens with one attached hydrogen (secondary N) is 2. The lowest BCUT2D eigenvalue weighted by Crippen LogP contribution is -2.41. The number of rotatable bonds is 5. The molecule has 0 aromatic carbocycles. The molecule has 2 amide bonds. The van der Waals surface area contributed by atoms with Crippen molar-refractivity contribution in [3.8, 4) is 0 Å². The normalized spacial score (nSPS) is 20.8. The summed E-state index contributed by atoms with van der Waals surface area (Å²) in [6, 6.07) is 1.28. The van der Waals surface area contributed by atoms with E-state index in [1.165, 1.54) is 0 Å². The van der Waals surface area contributed by atoms with Crippen molar-refractivity contribution < 1.29 is 13.7 Å². The predicted octanol–water partition coefficient (Wildman–Crippen LogP) is 1.76. The van der Waals surface area contributed by atoms with Crippen molar-refractivity contribution in [2.45, 2.75) is 39.0 Å². The number of carbonyl (C=O) groups is 1. The number of likely N-dealkylation sites (tertiary alicyclic amines) is 1. The molecule has 2 atom stereocenters. The standard InChI is InChI=1S/C16H23FN6O2/c1-10-14(11(2)25-21-10)9-23-8-12(17)6-13(23)7-18-16(24)19-15-4-5-22(3)20-15/h4-5,12-13H,6-9H2,1-3H3,(H2,18,19,20,24)/t12-,13-/m0/s1. The van der Waals surface area contributed by atoms with Gasteiger partial charge in [0.15, 0.2) is 5.82 Å². The first-order valence-corrected chi connectivity index (χ1v) is 8.26. The molecule has 2 aromatic rings. The van der Waals surface area contributed by atoms with Gasteiger partial charge in [0.1, 0.15) is 11.9 Å². The van der Waals surface area contributed by atoms with Crippen LogP contribution in [-0.2, 0) is 13.6 Å². The summed E-state index contributed by atoms with van der Waals surface area (Å²) in [5.74, 6) is 1.22. The van der Waals surface area contributed by atoms with E-state index in [1.807, 2.05) is 18.7 Å². The van der Waals surface area contributed by atoms with Crippen molar-refractivity contribution in [1.29, 1.82) is 0 Å². The average Bonchev–Trinajstić information content (AvgIpc) is 3.21. The molecule has 1 aliphatic heterocycles. The fourth-order valence-corrected chi connectivity index (χ4v) is 3.11. The number of carbonyl (C=O) groups excluding carboxylic acids is 1. The molecule has 2 aromatic heterocycles. The predicted molar refractivity (Wildman–Crippen MR) is 89.9 cm³/mol. The molecule has 25 heavy (non-hydrogen) atoms. The zero-order valence-corrected chi connectivity index (χ0v) is 14.6. The van der Waals surface area contributed by atoms with E-state index >= 15 is 0 Å². The molecule has 0 spiro atoms. The van der Waals surface area contributed by atoms with Gasteiger partial charge < -0.3 is 9.84 Å². The molecule has 0 radical (unpaired) electrons. The van der Waals surface area contributed by atoms with Crippen molar-refractivity contribution in [2.24, 2.45) is 7.05 Å². The second kappa shape index (κ2) is 7.22. The minimum atomic E-state index is -0.897. The van der Waals surface area contributed by atoms with Crippen LogP contribution in [0.3, 0.4) is 0 Å². The molecule has 8 nitrogen and oxygen atoms in total. The molecule has 1 aliphatic rings. The van der Waals surface area contributed by atoms with E-state index in [-0.39, 0.29) is 12.1 Å². The first kappa shape index (κ1) is 17.4. The molecule has 1 saturated heterocycles. The van der Waals surface area contributed by atoms with Gasteiger partial charge in [-0.1, -0.05) is 5.16 Å². The Morgan fingerprint density at radius 3 is 2.92 bits per heavy atom. The molecule has 0 saturated carbocycles. The lowest BCUT2D eigenvalue weighted by molar-refractivity contribution is 0.223. The summed E-state index contributed by atoms with van der Waals surface area (Å²) >= 11 is 0. The van der Waals surface area contributed by atoms with Crippen molar-refractivity contribution in [1.82, 2.24) is 25.2 Å². The van der Waals surface area contributed by atoms with E-state index in [1.54, 1.807) is 24.0 Å². The molecule has 9 heteroatoms. The first-order chi connectivity index (χ1) is 11.9. The summed E-state index contributed by atoms with van der Waals surface area (Å²) in [6.07, 6.45) is 1.24. The highest BCUT2D eigenvalue weighted by Gasteiger charge is 2.33. The second-order valence-electron chi connectivity index (χ2n) is 6.43. The number of nitrogens with zero attached hydrogens (tertiary/aromatic N) is 4. The second-order valence-corrected chi connectivity index (χ2v) is 6.43. The number of aromatic nitrogens is 3. The maximum atomic E-state index is 13.9. The highest BCUT2D eigenvalue weighted by molar-refractivity contribution is 5.88. The largest absolute Gasteiger partial charge is 0.361 e. The number of hydrogen-bond acceptors (Lipinski definition) is 5. The highest BCUT2D eigenvalue weighted by atomic mass is 19.1. The quantitative estimate of drug-likeness (QED) is 0.858. The van der Waals surface area contributed by atoms with Crippen LogP contribution in [-0.4, -0.2) is 51.2 Å². The Morgan fingerprint density at radius 1 is 1.48 bits per heavy atom. The topological polar surface area (TPSA) is 88.2 Å². The van der Waals surface area contributed by atoms with Gasteiger partial charge in [0.05, 0.1) is 5.69 Å².